The zero-order valence-electron chi connectivity index (χ0n) is 12.6. The Balaban J connectivity index is 1.58. The number of hydrogen-bond donors (Lipinski definition) is 1. The summed E-state index contributed by atoms with van der Waals surface area (Å²) in [7, 11) is 0. The van der Waals surface area contributed by atoms with E-state index >= 15 is 0 Å². The zero-order valence-corrected chi connectivity index (χ0v) is 15.0. The van der Waals surface area contributed by atoms with Gasteiger partial charge in [-0.15, -0.1) is 22.0 Å². The molecule has 7 heteroatoms. The van der Waals surface area contributed by atoms with Crippen LogP contribution in [-0.2, 0) is 11.5 Å². The van der Waals surface area contributed by atoms with Crippen LogP contribution >= 0.6 is 27.7 Å². The molecule has 0 aliphatic heterocycles. The minimum atomic E-state index is -0.417. The molecular formula is C17H14BrN3O2S. The third-order valence-electron chi connectivity index (χ3n) is 3.30. The van der Waals surface area contributed by atoms with Crippen molar-refractivity contribution in [2.45, 2.75) is 11.5 Å². The highest BCUT2D eigenvalue weighted by Gasteiger charge is 2.11. The van der Waals surface area contributed by atoms with Gasteiger partial charge in [0.2, 0.25) is 17.7 Å². The summed E-state index contributed by atoms with van der Waals surface area (Å²) in [6.07, 6.45) is 0. The van der Waals surface area contributed by atoms with Crippen LogP contribution in [0.2, 0.25) is 0 Å². The van der Waals surface area contributed by atoms with Crippen molar-refractivity contribution in [2.24, 2.45) is 5.73 Å². The van der Waals surface area contributed by atoms with E-state index < -0.39 is 5.91 Å². The lowest BCUT2D eigenvalue weighted by molar-refractivity contribution is 0.100. The Labute approximate surface area is 151 Å². The summed E-state index contributed by atoms with van der Waals surface area (Å²) in [6, 6.07) is 15.0. The predicted molar refractivity (Wildman–Crippen MR) is 97.4 cm³/mol. The number of halogens is 1. The van der Waals surface area contributed by atoms with Gasteiger partial charge >= 0.3 is 0 Å². The Morgan fingerprint density at radius 2 is 1.83 bits per heavy atom. The first-order valence-corrected chi connectivity index (χ1v) is 9.12. The Bertz CT molecular complexity index is 849. The van der Waals surface area contributed by atoms with E-state index in [2.05, 4.69) is 26.1 Å². The summed E-state index contributed by atoms with van der Waals surface area (Å²) < 4.78 is 6.62. The minimum absolute atomic E-state index is 0.417. The molecule has 0 spiro atoms. The number of thioether (sulfide) groups is 1. The quantitative estimate of drug-likeness (QED) is 0.671. The van der Waals surface area contributed by atoms with Crippen LogP contribution in [0.4, 0.5) is 0 Å². The van der Waals surface area contributed by atoms with Crippen molar-refractivity contribution in [1.82, 2.24) is 10.2 Å². The molecule has 1 aromatic heterocycles. The highest BCUT2D eigenvalue weighted by Crippen LogP contribution is 2.27. The standard InChI is InChI=1S/C17H14BrN3O2S/c18-14-4-2-1-3-13(14)17-21-20-15(23-17)10-24-9-11-5-7-12(8-6-11)16(19)22/h1-8H,9-10H2,(H2,19,22). The number of aromatic nitrogens is 2. The van der Waals surface area contributed by atoms with Crippen LogP contribution < -0.4 is 5.73 Å². The van der Waals surface area contributed by atoms with Crippen LogP contribution in [0.1, 0.15) is 21.8 Å². The normalized spacial score (nSPS) is 10.7. The number of primary amides is 1. The van der Waals surface area contributed by atoms with E-state index in [0.717, 1.165) is 21.4 Å². The lowest BCUT2D eigenvalue weighted by atomic mass is 10.1. The molecule has 1 heterocycles. The number of nitrogens with zero attached hydrogens (tertiary/aromatic N) is 2. The van der Waals surface area contributed by atoms with Crippen molar-refractivity contribution >= 4 is 33.6 Å². The van der Waals surface area contributed by atoms with Crippen LogP contribution in [0, 0.1) is 0 Å². The molecule has 0 aliphatic carbocycles. The molecule has 0 aliphatic rings. The van der Waals surface area contributed by atoms with Gasteiger partial charge in [0.05, 0.1) is 11.3 Å². The van der Waals surface area contributed by atoms with Gasteiger partial charge in [0.1, 0.15) is 0 Å². The van der Waals surface area contributed by atoms with E-state index in [0.29, 0.717) is 23.1 Å². The second kappa shape index (κ2) is 7.63. The molecule has 0 unspecified atom stereocenters. The van der Waals surface area contributed by atoms with E-state index in [1.807, 2.05) is 36.4 Å². The molecule has 0 fully saturated rings. The average molecular weight is 404 g/mol. The Morgan fingerprint density at radius 3 is 2.54 bits per heavy atom. The number of hydrogen-bond acceptors (Lipinski definition) is 5. The van der Waals surface area contributed by atoms with Crippen LogP contribution in [0.5, 0.6) is 0 Å². The fraction of sp³-hybridized carbons (Fsp3) is 0.118. The molecule has 0 atom stereocenters. The van der Waals surface area contributed by atoms with Gasteiger partial charge in [-0.25, -0.2) is 0 Å². The third-order valence-corrected chi connectivity index (χ3v) is 4.98. The van der Waals surface area contributed by atoms with Crippen LogP contribution in [0.15, 0.2) is 57.4 Å². The maximum Gasteiger partial charge on any atom is 0.248 e. The first kappa shape index (κ1) is 16.7. The van der Waals surface area contributed by atoms with Crippen LogP contribution in [0.25, 0.3) is 11.5 Å². The number of carbonyl (C=O) groups excluding carboxylic acids is 1. The monoisotopic (exact) mass is 403 g/mol. The van der Waals surface area contributed by atoms with Gasteiger partial charge in [-0.1, -0.05) is 24.3 Å². The largest absolute Gasteiger partial charge is 0.420 e. The minimum Gasteiger partial charge on any atom is -0.420 e. The second-order valence-electron chi connectivity index (χ2n) is 5.03. The summed E-state index contributed by atoms with van der Waals surface area (Å²) in [5, 5.41) is 8.18. The predicted octanol–water partition coefficient (Wildman–Crippen LogP) is 4.03. The summed E-state index contributed by atoms with van der Waals surface area (Å²) in [5.74, 6) is 2.07. The van der Waals surface area contributed by atoms with Gasteiger partial charge in [0.25, 0.3) is 0 Å². The molecule has 0 bridgehead atoms. The van der Waals surface area contributed by atoms with Gasteiger partial charge in [-0.3, -0.25) is 4.79 Å². The van der Waals surface area contributed by atoms with Gasteiger partial charge in [-0.2, -0.15) is 0 Å². The van der Waals surface area contributed by atoms with Crippen molar-refractivity contribution in [3.05, 3.63) is 70.0 Å². The first-order valence-electron chi connectivity index (χ1n) is 7.17. The maximum atomic E-state index is 11.0. The number of benzene rings is 2. The molecule has 24 heavy (non-hydrogen) atoms. The molecule has 5 nitrogen and oxygen atoms in total. The third kappa shape index (κ3) is 4.04. The zero-order chi connectivity index (χ0) is 16.9. The lowest BCUT2D eigenvalue weighted by Gasteiger charge is -2.01. The summed E-state index contributed by atoms with van der Waals surface area (Å²) in [4.78, 5) is 11.0. The van der Waals surface area contributed by atoms with Crippen molar-refractivity contribution in [3.63, 3.8) is 0 Å². The lowest BCUT2D eigenvalue weighted by Crippen LogP contribution is -2.10. The first-order chi connectivity index (χ1) is 11.6. The number of nitrogens with two attached hydrogens (primary N) is 1. The molecule has 1 amide bonds. The van der Waals surface area contributed by atoms with Gasteiger partial charge < -0.3 is 10.2 Å². The topological polar surface area (TPSA) is 82.0 Å². The number of carbonyl (C=O) groups is 1. The van der Waals surface area contributed by atoms with E-state index in [9.17, 15) is 4.79 Å². The molecule has 2 aromatic carbocycles. The fourth-order valence-corrected chi connectivity index (χ4v) is 3.35. The van der Waals surface area contributed by atoms with Crippen molar-refractivity contribution in [1.29, 1.82) is 0 Å². The maximum absolute atomic E-state index is 11.0. The van der Waals surface area contributed by atoms with Crippen molar-refractivity contribution in [2.75, 3.05) is 0 Å². The smallest absolute Gasteiger partial charge is 0.248 e. The molecule has 0 saturated carbocycles. The summed E-state index contributed by atoms with van der Waals surface area (Å²) in [5.41, 5.74) is 7.72. The van der Waals surface area contributed by atoms with Crippen molar-refractivity contribution in [3.8, 4) is 11.5 Å². The van der Waals surface area contributed by atoms with E-state index in [-0.39, 0.29) is 0 Å². The van der Waals surface area contributed by atoms with Crippen molar-refractivity contribution < 1.29 is 9.21 Å². The van der Waals surface area contributed by atoms with Gasteiger partial charge in [0, 0.05) is 15.8 Å². The molecule has 0 radical (unpaired) electrons. The van der Waals surface area contributed by atoms with Crippen LogP contribution in [0.3, 0.4) is 0 Å². The van der Waals surface area contributed by atoms with E-state index in [1.165, 1.54) is 0 Å². The molecule has 2 N–H and O–H groups in total. The SMILES string of the molecule is NC(=O)c1ccc(CSCc2nnc(-c3ccccc3Br)o2)cc1. The summed E-state index contributed by atoms with van der Waals surface area (Å²) in [6.45, 7) is 0. The van der Waals surface area contributed by atoms with Gasteiger partial charge in [-0.05, 0) is 45.8 Å². The molecule has 3 aromatic rings. The number of amides is 1. The van der Waals surface area contributed by atoms with E-state index in [1.54, 1.807) is 23.9 Å². The average Bonchev–Trinajstić information content (AvgIpc) is 3.04. The molecule has 122 valence electrons. The Kier molecular flexibility index (Phi) is 5.32. The second-order valence-corrected chi connectivity index (χ2v) is 6.87. The Hall–Kier alpha value is -2.12. The summed E-state index contributed by atoms with van der Waals surface area (Å²) >= 11 is 5.14. The van der Waals surface area contributed by atoms with Gasteiger partial charge in [0.15, 0.2) is 0 Å². The fourth-order valence-electron chi connectivity index (χ4n) is 2.08. The van der Waals surface area contributed by atoms with E-state index in [4.69, 9.17) is 10.2 Å². The number of rotatable bonds is 6. The molecule has 0 saturated heterocycles. The Morgan fingerprint density at radius 1 is 1.08 bits per heavy atom. The molecular weight excluding hydrogens is 390 g/mol. The highest BCUT2D eigenvalue weighted by atomic mass is 79.9. The molecule has 3 rings (SSSR count). The van der Waals surface area contributed by atoms with Crippen LogP contribution in [-0.4, -0.2) is 16.1 Å². The highest BCUT2D eigenvalue weighted by molar-refractivity contribution is 9.10.